The fraction of sp³-hybridized carbons (Fsp3) is 0.308. The standard InChI is InChI=1S/C13H13FO2/c1-13(2)7-8(5-12(15)16)10-6-9(14)3-4-11(10)13/h3-6H,7H2,1-2H3,(H,15,16)/b8-5+. The third-order valence-corrected chi connectivity index (χ3v) is 2.99. The fourth-order valence-corrected chi connectivity index (χ4v) is 2.32. The average molecular weight is 220 g/mol. The molecule has 1 aliphatic rings. The Kier molecular flexibility index (Phi) is 2.34. The number of carbonyl (C=O) groups is 1. The Morgan fingerprint density at radius 1 is 1.50 bits per heavy atom. The largest absolute Gasteiger partial charge is 0.478 e. The molecule has 84 valence electrons. The fourth-order valence-electron chi connectivity index (χ4n) is 2.32. The van der Waals surface area contributed by atoms with Crippen LogP contribution in [-0.2, 0) is 10.2 Å². The molecule has 0 bridgehead atoms. The minimum Gasteiger partial charge on any atom is -0.478 e. The number of carboxylic acids is 1. The van der Waals surface area contributed by atoms with Crippen LogP contribution >= 0.6 is 0 Å². The summed E-state index contributed by atoms with van der Waals surface area (Å²) in [6.07, 6.45) is 1.81. The zero-order valence-corrected chi connectivity index (χ0v) is 9.25. The monoisotopic (exact) mass is 220 g/mol. The van der Waals surface area contributed by atoms with Crippen molar-refractivity contribution in [2.75, 3.05) is 0 Å². The number of carboxylic acid groups (broad SMARTS) is 1. The number of hydrogen-bond donors (Lipinski definition) is 1. The molecule has 0 saturated heterocycles. The summed E-state index contributed by atoms with van der Waals surface area (Å²) in [5, 5.41) is 8.77. The highest BCUT2D eigenvalue weighted by atomic mass is 19.1. The van der Waals surface area contributed by atoms with Crippen LogP contribution in [0.5, 0.6) is 0 Å². The van der Waals surface area contributed by atoms with Gasteiger partial charge in [0.1, 0.15) is 5.82 Å². The summed E-state index contributed by atoms with van der Waals surface area (Å²) < 4.78 is 13.1. The van der Waals surface area contributed by atoms with Crippen LogP contribution < -0.4 is 0 Å². The molecule has 2 nitrogen and oxygen atoms in total. The molecule has 2 rings (SSSR count). The Hall–Kier alpha value is -1.64. The van der Waals surface area contributed by atoms with Gasteiger partial charge in [0.25, 0.3) is 0 Å². The molecule has 0 atom stereocenters. The molecule has 1 aromatic rings. The van der Waals surface area contributed by atoms with E-state index in [0.717, 1.165) is 11.1 Å². The van der Waals surface area contributed by atoms with Gasteiger partial charge in [-0.3, -0.25) is 0 Å². The van der Waals surface area contributed by atoms with Gasteiger partial charge in [0.2, 0.25) is 0 Å². The first kappa shape index (κ1) is 10.9. The van der Waals surface area contributed by atoms with E-state index >= 15 is 0 Å². The van der Waals surface area contributed by atoms with Crippen molar-refractivity contribution in [1.82, 2.24) is 0 Å². The first-order valence-corrected chi connectivity index (χ1v) is 5.14. The highest BCUT2D eigenvalue weighted by Gasteiger charge is 2.33. The Balaban J connectivity index is 2.60. The molecule has 0 saturated carbocycles. The molecule has 0 aliphatic heterocycles. The van der Waals surface area contributed by atoms with E-state index in [-0.39, 0.29) is 11.2 Å². The van der Waals surface area contributed by atoms with Crippen molar-refractivity contribution in [1.29, 1.82) is 0 Å². The van der Waals surface area contributed by atoms with Gasteiger partial charge in [-0.05, 0) is 40.7 Å². The number of halogens is 1. The van der Waals surface area contributed by atoms with E-state index in [1.54, 1.807) is 6.07 Å². The highest BCUT2D eigenvalue weighted by Crippen LogP contribution is 2.45. The zero-order valence-electron chi connectivity index (χ0n) is 9.25. The lowest BCUT2D eigenvalue weighted by molar-refractivity contribution is -0.131. The smallest absolute Gasteiger partial charge is 0.328 e. The van der Waals surface area contributed by atoms with Crippen LogP contribution in [0.4, 0.5) is 4.39 Å². The summed E-state index contributed by atoms with van der Waals surface area (Å²) in [6.45, 7) is 4.07. The van der Waals surface area contributed by atoms with Gasteiger partial charge >= 0.3 is 5.97 Å². The van der Waals surface area contributed by atoms with Gasteiger partial charge in [0, 0.05) is 6.08 Å². The molecule has 3 heteroatoms. The van der Waals surface area contributed by atoms with E-state index in [1.807, 2.05) is 13.8 Å². The molecular formula is C13H13FO2. The first-order valence-electron chi connectivity index (χ1n) is 5.14. The lowest BCUT2D eigenvalue weighted by Crippen LogP contribution is -2.11. The minimum atomic E-state index is -0.983. The van der Waals surface area contributed by atoms with Crippen molar-refractivity contribution >= 4 is 11.5 Å². The van der Waals surface area contributed by atoms with Crippen LogP contribution in [0.1, 0.15) is 31.4 Å². The summed E-state index contributed by atoms with van der Waals surface area (Å²) in [5.41, 5.74) is 2.32. The molecular weight excluding hydrogens is 207 g/mol. The number of hydrogen-bond acceptors (Lipinski definition) is 1. The molecule has 0 radical (unpaired) electrons. The van der Waals surface area contributed by atoms with Crippen molar-refractivity contribution in [3.8, 4) is 0 Å². The Labute approximate surface area is 93.4 Å². The minimum absolute atomic E-state index is 0.121. The van der Waals surface area contributed by atoms with E-state index in [2.05, 4.69) is 0 Å². The van der Waals surface area contributed by atoms with E-state index in [0.29, 0.717) is 12.0 Å². The second-order valence-electron chi connectivity index (χ2n) is 4.76. The van der Waals surface area contributed by atoms with Crippen LogP contribution in [-0.4, -0.2) is 11.1 Å². The predicted molar refractivity (Wildman–Crippen MR) is 59.7 cm³/mol. The Morgan fingerprint density at radius 2 is 2.19 bits per heavy atom. The molecule has 16 heavy (non-hydrogen) atoms. The maximum atomic E-state index is 13.1. The van der Waals surface area contributed by atoms with Gasteiger partial charge in [-0.25, -0.2) is 9.18 Å². The summed E-state index contributed by atoms with van der Waals surface area (Å²) in [5.74, 6) is -1.31. The first-order chi connectivity index (χ1) is 7.40. The van der Waals surface area contributed by atoms with Gasteiger partial charge in [-0.15, -0.1) is 0 Å². The number of benzene rings is 1. The van der Waals surface area contributed by atoms with E-state index < -0.39 is 5.97 Å². The second-order valence-corrected chi connectivity index (χ2v) is 4.76. The maximum absolute atomic E-state index is 13.1. The third kappa shape index (κ3) is 1.73. The van der Waals surface area contributed by atoms with Gasteiger partial charge in [0.05, 0.1) is 0 Å². The van der Waals surface area contributed by atoms with E-state index in [4.69, 9.17) is 5.11 Å². The van der Waals surface area contributed by atoms with Crippen LogP contribution in [0.25, 0.3) is 5.57 Å². The molecule has 0 amide bonds. The Morgan fingerprint density at radius 3 is 2.81 bits per heavy atom. The molecule has 1 aliphatic carbocycles. The molecule has 0 fully saturated rings. The SMILES string of the molecule is CC1(C)C/C(=C\C(=O)O)c2cc(F)ccc21. The molecule has 0 spiro atoms. The maximum Gasteiger partial charge on any atom is 0.328 e. The lowest BCUT2D eigenvalue weighted by atomic mass is 9.86. The molecule has 0 unspecified atom stereocenters. The predicted octanol–water partition coefficient (Wildman–Crippen LogP) is 2.98. The summed E-state index contributed by atoms with van der Waals surface area (Å²) >= 11 is 0. The van der Waals surface area contributed by atoms with Gasteiger partial charge in [-0.1, -0.05) is 19.9 Å². The number of fused-ring (bicyclic) bond motifs is 1. The summed E-state index contributed by atoms with van der Waals surface area (Å²) in [4.78, 5) is 10.7. The van der Waals surface area contributed by atoms with Crippen molar-refractivity contribution in [3.05, 3.63) is 41.2 Å². The van der Waals surface area contributed by atoms with Crippen molar-refractivity contribution in [2.45, 2.75) is 25.7 Å². The van der Waals surface area contributed by atoms with Crippen molar-refractivity contribution in [3.63, 3.8) is 0 Å². The van der Waals surface area contributed by atoms with Gasteiger partial charge in [-0.2, -0.15) is 0 Å². The normalized spacial score (nSPS) is 19.8. The molecule has 1 aromatic carbocycles. The molecule has 0 aromatic heterocycles. The topological polar surface area (TPSA) is 37.3 Å². The van der Waals surface area contributed by atoms with Crippen molar-refractivity contribution < 1.29 is 14.3 Å². The number of allylic oxidation sites excluding steroid dienone is 1. The summed E-state index contributed by atoms with van der Waals surface area (Å²) in [6, 6.07) is 4.58. The quantitative estimate of drug-likeness (QED) is 0.739. The highest BCUT2D eigenvalue weighted by molar-refractivity contribution is 5.92. The lowest BCUT2D eigenvalue weighted by Gasteiger charge is -2.17. The van der Waals surface area contributed by atoms with Crippen LogP contribution in [0, 0.1) is 5.82 Å². The van der Waals surface area contributed by atoms with Gasteiger partial charge < -0.3 is 5.11 Å². The van der Waals surface area contributed by atoms with Crippen LogP contribution in [0.3, 0.4) is 0 Å². The molecule has 1 N–H and O–H groups in total. The summed E-state index contributed by atoms with van der Waals surface area (Å²) in [7, 11) is 0. The van der Waals surface area contributed by atoms with Crippen molar-refractivity contribution in [2.24, 2.45) is 0 Å². The second kappa shape index (κ2) is 3.44. The molecule has 0 heterocycles. The third-order valence-electron chi connectivity index (χ3n) is 2.99. The van der Waals surface area contributed by atoms with E-state index in [1.165, 1.54) is 18.2 Å². The van der Waals surface area contributed by atoms with Crippen LogP contribution in [0.2, 0.25) is 0 Å². The number of rotatable bonds is 1. The average Bonchev–Trinajstić information content (AvgIpc) is 2.37. The van der Waals surface area contributed by atoms with E-state index in [9.17, 15) is 9.18 Å². The van der Waals surface area contributed by atoms with Crippen LogP contribution in [0.15, 0.2) is 24.3 Å². The Bertz CT molecular complexity index is 487. The van der Waals surface area contributed by atoms with Gasteiger partial charge in [0.15, 0.2) is 0 Å². The zero-order chi connectivity index (χ0) is 11.9. The number of aliphatic carboxylic acids is 1.